The highest BCUT2D eigenvalue weighted by Crippen LogP contribution is 2.21. The number of nitrogens with zero attached hydrogens (tertiary/aromatic N) is 2. The second kappa shape index (κ2) is 6.13. The van der Waals surface area contributed by atoms with Gasteiger partial charge in [0.1, 0.15) is 14.9 Å². The van der Waals surface area contributed by atoms with Crippen LogP contribution in [-0.2, 0) is 16.4 Å². The minimum atomic E-state index is -2.89. The zero-order valence-electron chi connectivity index (χ0n) is 11.3. The lowest BCUT2D eigenvalue weighted by molar-refractivity contribution is 0.556. The van der Waals surface area contributed by atoms with Crippen molar-refractivity contribution in [3.63, 3.8) is 0 Å². The first-order valence-corrected chi connectivity index (χ1v) is 8.85. The number of hydrogen-bond donors (Lipinski definition) is 1. The van der Waals surface area contributed by atoms with Gasteiger partial charge >= 0.3 is 0 Å². The normalized spacial score (nSPS) is 18.9. The van der Waals surface area contributed by atoms with Crippen LogP contribution in [0.3, 0.4) is 0 Å². The maximum absolute atomic E-state index is 12.0. The van der Waals surface area contributed by atoms with Gasteiger partial charge < -0.3 is 5.32 Å². The molecule has 0 spiro atoms. The van der Waals surface area contributed by atoms with Gasteiger partial charge in [-0.2, -0.15) is 5.10 Å². The predicted molar refractivity (Wildman–Crippen MR) is 79.1 cm³/mol. The molecule has 2 heterocycles. The highest BCUT2D eigenvalue weighted by atomic mass is 35.5. The molecule has 0 aromatic carbocycles. The average Bonchev–Trinajstić information content (AvgIpc) is 2.41. The minimum absolute atomic E-state index is 0.0132. The average molecular weight is 320 g/mol. The molecule has 0 unspecified atom stereocenters. The molecule has 1 aliphatic rings. The molecule has 0 amide bonds. The summed E-state index contributed by atoms with van der Waals surface area (Å²) in [7, 11) is -2.89. The van der Waals surface area contributed by atoms with E-state index in [1.807, 2.05) is 6.92 Å². The largest absolute Gasteiger partial charge is 0.380 e. The van der Waals surface area contributed by atoms with Crippen molar-refractivity contribution in [1.29, 1.82) is 0 Å². The summed E-state index contributed by atoms with van der Waals surface area (Å²) in [5.74, 6) is 0.339. The number of anilines is 1. The number of nitrogens with one attached hydrogen (secondary N) is 1. The first-order valence-electron chi connectivity index (χ1n) is 6.65. The van der Waals surface area contributed by atoms with Gasteiger partial charge in [0.2, 0.25) is 0 Å². The predicted octanol–water partition coefficient (Wildman–Crippen LogP) is 1.30. The van der Waals surface area contributed by atoms with Gasteiger partial charge in [0.15, 0.2) is 0 Å². The quantitative estimate of drug-likeness (QED) is 0.904. The molecule has 0 aliphatic carbocycles. The van der Waals surface area contributed by atoms with Crippen molar-refractivity contribution in [3.05, 3.63) is 21.6 Å². The van der Waals surface area contributed by atoms with Crippen LogP contribution < -0.4 is 10.9 Å². The standard InChI is InChI=1S/C12H18ClN3O3S/c1-2-5-16-12(17)11(13)10(8-14-16)15-9-3-6-20(18,19)7-4-9/h8-9,15H,2-7H2,1H3. The van der Waals surface area contributed by atoms with Gasteiger partial charge in [0.25, 0.3) is 5.56 Å². The third-order valence-corrected chi connectivity index (χ3v) is 5.42. The lowest BCUT2D eigenvalue weighted by Gasteiger charge is -2.24. The van der Waals surface area contributed by atoms with Crippen molar-refractivity contribution in [2.24, 2.45) is 0 Å². The molecule has 112 valence electrons. The van der Waals surface area contributed by atoms with Crippen LogP contribution in [0.15, 0.2) is 11.0 Å². The van der Waals surface area contributed by atoms with Crippen LogP contribution in [0.2, 0.25) is 5.02 Å². The van der Waals surface area contributed by atoms with Gasteiger partial charge in [-0.05, 0) is 19.3 Å². The van der Waals surface area contributed by atoms with Crippen LogP contribution in [0.1, 0.15) is 26.2 Å². The molecule has 2 rings (SSSR count). The van der Waals surface area contributed by atoms with Crippen molar-refractivity contribution >= 4 is 27.1 Å². The molecule has 1 fully saturated rings. The van der Waals surface area contributed by atoms with Crippen molar-refractivity contribution in [2.45, 2.75) is 38.8 Å². The first-order chi connectivity index (χ1) is 9.43. The summed E-state index contributed by atoms with van der Waals surface area (Å²) in [6.07, 6.45) is 3.38. The van der Waals surface area contributed by atoms with Crippen LogP contribution in [0.4, 0.5) is 5.69 Å². The fourth-order valence-electron chi connectivity index (χ4n) is 2.19. The lowest BCUT2D eigenvalue weighted by Crippen LogP contribution is -2.33. The third kappa shape index (κ3) is 3.52. The van der Waals surface area contributed by atoms with E-state index < -0.39 is 9.84 Å². The van der Waals surface area contributed by atoms with Crippen molar-refractivity contribution in [1.82, 2.24) is 9.78 Å². The van der Waals surface area contributed by atoms with Crippen LogP contribution in [0.5, 0.6) is 0 Å². The van der Waals surface area contributed by atoms with Gasteiger partial charge in [-0.1, -0.05) is 18.5 Å². The second-order valence-corrected chi connectivity index (χ2v) is 7.65. The number of aromatic nitrogens is 2. The molecule has 1 N–H and O–H groups in total. The molecule has 0 radical (unpaired) electrons. The van der Waals surface area contributed by atoms with E-state index in [0.29, 0.717) is 25.1 Å². The van der Waals surface area contributed by atoms with Gasteiger partial charge in [-0.3, -0.25) is 4.79 Å². The maximum Gasteiger partial charge on any atom is 0.287 e. The number of sulfone groups is 1. The molecular formula is C12H18ClN3O3S. The molecule has 1 aromatic rings. The van der Waals surface area contributed by atoms with E-state index in [9.17, 15) is 13.2 Å². The number of halogens is 1. The summed E-state index contributed by atoms with van der Waals surface area (Å²) in [6.45, 7) is 2.48. The van der Waals surface area contributed by atoms with E-state index in [2.05, 4.69) is 10.4 Å². The third-order valence-electron chi connectivity index (χ3n) is 3.33. The second-order valence-electron chi connectivity index (χ2n) is 4.97. The van der Waals surface area contributed by atoms with Crippen LogP contribution >= 0.6 is 11.6 Å². The number of aryl methyl sites for hydroxylation is 1. The Morgan fingerprint density at radius 2 is 2.10 bits per heavy atom. The van der Waals surface area contributed by atoms with E-state index in [-0.39, 0.29) is 28.1 Å². The lowest BCUT2D eigenvalue weighted by atomic mass is 10.1. The highest BCUT2D eigenvalue weighted by Gasteiger charge is 2.24. The highest BCUT2D eigenvalue weighted by molar-refractivity contribution is 7.91. The Morgan fingerprint density at radius 3 is 2.70 bits per heavy atom. The Labute approximate surface area is 123 Å². The van der Waals surface area contributed by atoms with E-state index in [0.717, 1.165) is 6.42 Å². The van der Waals surface area contributed by atoms with E-state index in [4.69, 9.17) is 11.6 Å². The summed E-state index contributed by atoms with van der Waals surface area (Å²) >= 11 is 6.06. The zero-order chi connectivity index (χ0) is 14.8. The summed E-state index contributed by atoms with van der Waals surface area (Å²) in [5, 5.41) is 7.30. The monoisotopic (exact) mass is 319 g/mol. The summed E-state index contributed by atoms with van der Waals surface area (Å²) in [4.78, 5) is 12.0. The first kappa shape index (κ1) is 15.3. The van der Waals surface area contributed by atoms with Crippen molar-refractivity contribution in [3.8, 4) is 0 Å². The van der Waals surface area contributed by atoms with E-state index >= 15 is 0 Å². The smallest absolute Gasteiger partial charge is 0.287 e. The molecule has 6 nitrogen and oxygen atoms in total. The van der Waals surface area contributed by atoms with Crippen molar-refractivity contribution < 1.29 is 8.42 Å². The van der Waals surface area contributed by atoms with Crippen LogP contribution in [0.25, 0.3) is 0 Å². The molecular weight excluding hydrogens is 302 g/mol. The SMILES string of the molecule is CCCn1ncc(NC2CCS(=O)(=O)CC2)c(Cl)c1=O. The Kier molecular flexibility index (Phi) is 4.70. The summed E-state index contributed by atoms with van der Waals surface area (Å²) in [6, 6.07) is 0.0132. The van der Waals surface area contributed by atoms with Crippen LogP contribution in [0, 0.1) is 0 Å². The molecule has 1 aromatic heterocycles. The van der Waals surface area contributed by atoms with E-state index in [1.165, 1.54) is 10.9 Å². The fourth-order valence-corrected chi connectivity index (χ4v) is 3.88. The number of rotatable bonds is 4. The molecule has 20 heavy (non-hydrogen) atoms. The Hall–Kier alpha value is -1.08. The molecule has 0 atom stereocenters. The maximum atomic E-state index is 12.0. The zero-order valence-corrected chi connectivity index (χ0v) is 12.9. The minimum Gasteiger partial charge on any atom is -0.380 e. The molecule has 1 aliphatic heterocycles. The molecule has 0 bridgehead atoms. The van der Waals surface area contributed by atoms with Crippen molar-refractivity contribution in [2.75, 3.05) is 16.8 Å². The van der Waals surface area contributed by atoms with Gasteiger partial charge in [-0.15, -0.1) is 0 Å². The van der Waals surface area contributed by atoms with Gasteiger partial charge in [-0.25, -0.2) is 13.1 Å². The van der Waals surface area contributed by atoms with Gasteiger partial charge in [0, 0.05) is 12.6 Å². The molecule has 0 saturated carbocycles. The van der Waals surface area contributed by atoms with E-state index in [1.54, 1.807) is 0 Å². The van der Waals surface area contributed by atoms with Gasteiger partial charge in [0.05, 0.1) is 23.4 Å². The Morgan fingerprint density at radius 1 is 1.45 bits per heavy atom. The van der Waals surface area contributed by atoms with Crippen LogP contribution in [-0.4, -0.2) is 35.7 Å². The summed E-state index contributed by atoms with van der Waals surface area (Å²) < 4.78 is 24.1. The number of hydrogen-bond acceptors (Lipinski definition) is 5. The molecule has 1 saturated heterocycles. The Balaban J connectivity index is 2.11. The summed E-state index contributed by atoms with van der Waals surface area (Å²) in [5.41, 5.74) is 0.162. The topological polar surface area (TPSA) is 81.1 Å². The fraction of sp³-hybridized carbons (Fsp3) is 0.667. The molecule has 8 heteroatoms. The Bertz CT molecular complexity index is 628.